The van der Waals surface area contributed by atoms with Crippen LogP contribution in [0.1, 0.15) is 25.0 Å². The van der Waals surface area contributed by atoms with Crippen LogP contribution in [0.3, 0.4) is 0 Å². The van der Waals surface area contributed by atoms with Gasteiger partial charge in [-0.15, -0.1) is 0 Å². The van der Waals surface area contributed by atoms with Gasteiger partial charge >= 0.3 is 0 Å². The first-order valence-corrected chi connectivity index (χ1v) is 18.8. The molecule has 0 fully saturated rings. The maximum Gasteiger partial charge on any atom is 0.0540 e. The van der Waals surface area contributed by atoms with Gasteiger partial charge in [0.15, 0.2) is 0 Å². The van der Waals surface area contributed by atoms with Gasteiger partial charge < -0.3 is 4.90 Å². The van der Waals surface area contributed by atoms with Crippen molar-refractivity contribution < 1.29 is 0 Å². The Kier molecular flexibility index (Phi) is 7.56. The van der Waals surface area contributed by atoms with Gasteiger partial charge in [0.2, 0.25) is 0 Å². The minimum absolute atomic E-state index is 0.0800. The van der Waals surface area contributed by atoms with Crippen LogP contribution in [-0.4, -0.2) is 0 Å². The van der Waals surface area contributed by atoms with E-state index in [-0.39, 0.29) is 5.41 Å². The lowest BCUT2D eigenvalue weighted by atomic mass is 9.82. The van der Waals surface area contributed by atoms with Crippen LogP contribution in [0.25, 0.3) is 66.1 Å². The zero-order valence-electron chi connectivity index (χ0n) is 30.5. The average Bonchev–Trinajstić information content (AvgIpc) is 3.47. The highest BCUT2D eigenvalue weighted by Crippen LogP contribution is 2.53. The standard InChI is InChI=1S/C53H39N/c1-53(2)49-22-9-7-20-48(49)52-47(21-12-23-50(52)53)46-19-8-10-24-51(46)54(44-31-29-38(30-32-44)42-27-25-36-13-3-5-15-39(36)33-42)45-18-11-17-41(35-45)43-28-26-37-14-4-6-16-40(37)34-43/h3-35H,1-2H3. The van der Waals surface area contributed by atoms with Crippen molar-refractivity contribution >= 4 is 38.6 Å². The molecule has 0 heterocycles. The Morgan fingerprint density at radius 3 is 1.57 bits per heavy atom. The highest BCUT2D eigenvalue weighted by atomic mass is 15.1. The van der Waals surface area contributed by atoms with Crippen molar-refractivity contribution in [3.63, 3.8) is 0 Å². The first-order valence-electron chi connectivity index (χ1n) is 18.8. The summed E-state index contributed by atoms with van der Waals surface area (Å²) in [6.45, 7) is 4.71. The van der Waals surface area contributed by atoms with E-state index in [2.05, 4.69) is 219 Å². The smallest absolute Gasteiger partial charge is 0.0540 e. The first-order chi connectivity index (χ1) is 26.5. The molecule has 9 aromatic rings. The summed E-state index contributed by atoms with van der Waals surface area (Å²) < 4.78 is 0. The highest BCUT2D eigenvalue weighted by Gasteiger charge is 2.37. The van der Waals surface area contributed by atoms with Crippen LogP contribution in [0.2, 0.25) is 0 Å². The third-order valence-electron chi connectivity index (χ3n) is 11.4. The number of nitrogens with zero attached hydrogens (tertiary/aromatic N) is 1. The number of rotatable bonds is 6. The predicted octanol–water partition coefficient (Wildman–Crippen LogP) is 14.8. The third-order valence-corrected chi connectivity index (χ3v) is 11.4. The number of hydrogen-bond acceptors (Lipinski definition) is 1. The van der Waals surface area contributed by atoms with Gasteiger partial charge in [0.05, 0.1) is 5.69 Å². The molecule has 0 aromatic heterocycles. The van der Waals surface area contributed by atoms with E-state index in [4.69, 9.17) is 0 Å². The molecule has 0 radical (unpaired) electrons. The van der Waals surface area contributed by atoms with Crippen molar-refractivity contribution in [3.8, 4) is 44.5 Å². The average molecular weight is 690 g/mol. The fourth-order valence-electron chi connectivity index (χ4n) is 8.67. The van der Waals surface area contributed by atoms with E-state index in [1.807, 2.05) is 0 Å². The van der Waals surface area contributed by atoms with Crippen molar-refractivity contribution in [2.75, 3.05) is 4.90 Å². The zero-order chi connectivity index (χ0) is 36.2. The lowest BCUT2D eigenvalue weighted by Gasteiger charge is -2.29. The molecule has 0 amide bonds. The number of para-hydroxylation sites is 1. The molecule has 1 heteroatoms. The van der Waals surface area contributed by atoms with Gasteiger partial charge in [0.1, 0.15) is 0 Å². The van der Waals surface area contributed by atoms with Crippen molar-refractivity contribution in [3.05, 3.63) is 211 Å². The molecule has 0 N–H and O–H groups in total. The molecule has 1 aliphatic rings. The third kappa shape index (κ3) is 5.32. The number of benzene rings is 9. The molecular weight excluding hydrogens is 651 g/mol. The van der Waals surface area contributed by atoms with E-state index in [0.717, 1.165) is 17.1 Å². The maximum absolute atomic E-state index is 2.44. The second kappa shape index (κ2) is 12.8. The van der Waals surface area contributed by atoms with Crippen LogP contribution in [0.15, 0.2) is 200 Å². The zero-order valence-corrected chi connectivity index (χ0v) is 30.5. The Morgan fingerprint density at radius 1 is 0.333 bits per heavy atom. The summed E-state index contributed by atoms with van der Waals surface area (Å²) >= 11 is 0. The summed E-state index contributed by atoms with van der Waals surface area (Å²) in [4.78, 5) is 2.44. The quantitative estimate of drug-likeness (QED) is 0.168. The van der Waals surface area contributed by atoms with E-state index in [9.17, 15) is 0 Å². The number of fused-ring (bicyclic) bond motifs is 5. The molecular formula is C53H39N. The summed E-state index contributed by atoms with van der Waals surface area (Å²) in [6, 6.07) is 73.5. The Hall–Kier alpha value is -6.70. The van der Waals surface area contributed by atoms with Crippen LogP contribution < -0.4 is 4.90 Å². The van der Waals surface area contributed by atoms with Crippen molar-refractivity contribution in [2.45, 2.75) is 19.3 Å². The molecule has 9 aromatic carbocycles. The van der Waals surface area contributed by atoms with Gasteiger partial charge in [-0.25, -0.2) is 0 Å². The lowest BCUT2D eigenvalue weighted by Crippen LogP contribution is -2.14. The fraction of sp³-hybridized carbons (Fsp3) is 0.0566. The summed E-state index contributed by atoms with van der Waals surface area (Å²) in [5.41, 5.74) is 16.0. The summed E-state index contributed by atoms with van der Waals surface area (Å²) in [5.74, 6) is 0. The molecule has 0 atom stereocenters. The summed E-state index contributed by atoms with van der Waals surface area (Å²) in [5, 5.41) is 5.00. The molecule has 0 saturated carbocycles. The number of hydrogen-bond donors (Lipinski definition) is 0. The molecule has 0 saturated heterocycles. The normalized spacial score (nSPS) is 12.8. The van der Waals surface area contributed by atoms with Crippen LogP contribution >= 0.6 is 0 Å². The second-order valence-electron chi connectivity index (χ2n) is 15.0. The Morgan fingerprint density at radius 2 is 0.852 bits per heavy atom. The Labute approximate surface area is 317 Å². The number of anilines is 3. The van der Waals surface area contributed by atoms with Crippen LogP contribution in [0, 0.1) is 0 Å². The molecule has 54 heavy (non-hydrogen) atoms. The minimum atomic E-state index is -0.0800. The van der Waals surface area contributed by atoms with E-state index in [0.29, 0.717) is 0 Å². The monoisotopic (exact) mass is 689 g/mol. The summed E-state index contributed by atoms with van der Waals surface area (Å²) in [7, 11) is 0. The van der Waals surface area contributed by atoms with Crippen molar-refractivity contribution in [2.24, 2.45) is 0 Å². The Bertz CT molecular complexity index is 2860. The van der Waals surface area contributed by atoms with Gasteiger partial charge in [-0.3, -0.25) is 0 Å². The second-order valence-corrected chi connectivity index (χ2v) is 15.0. The van der Waals surface area contributed by atoms with Gasteiger partial charge in [-0.2, -0.15) is 0 Å². The minimum Gasteiger partial charge on any atom is -0.310 e. The first kappa shape index (κ1) is 32.0. The van der Waals surface area contributed by atoms with Gasteiger partial charge in [0, 0.05) is 22.4 Å². The maximum atomic E-state index is 2.44. The predicted molar refractivity (Wildman–Crippen MR) is 230 cm³/mol. The van der Waals surface area contributed by atoms with E-state index in [1.54, 1.807) is 0 Å². The Balaban J connectivity index is 1.15. The van der Waals surface area contributed by atoms with Gasteiger partial charge in [-0.05, 0) is 114 Å². The van der Waals surface area contributed by atoms with Crippen LogP contribution in [0.5, 0.6) is 0 Å². The van der Waals surface area contributed by atoms with E-state index >= 15 is 0 Å². The van der Waals surface area contributed by atoms with Crippen LogP contribution in [0.4, 0.5) is 17.1 Å². The van der Waals surface area contributed by atoms with Gasteiger partial charge in [-0.1, -0.05) is 172 Å². The molecule has 0 bridgehead atoms. The van der Waals surface area contributed by atoms with E-state index < -0.39 is 0 Å². The topological polar surface area (TPSA) is 3.24 Å². The van der Waals surface area contributed by atoms with Crippen molar-refractivity contribution in [1.29, 1.82) is 0 Å². The van der Waals surface area contributed by atoms with Crippen LogP contribution in [-0.2, 0) is 5.41 Å². The molecule has 10 rings (SSSR count). The lowest BCUT2D eigenvalue weighted by molar-refractivity contribution is 0.660. The molecule has 1 aliphatic carbocycles. The molecule has 0 spiro atoms. The molecule has 1 nitrogen and oxygen atoms in total. The highest BCUT2D eigenvalue weighted by molar-refractivity contribution is 5.99. The van der Waals surface area contributed by atoms with Gasteiger partial charge in [0.25, 0.3) is 0 Å². The largest absolute Gasteiger partial charge is 0.310 e. The van der Waals surface area contributed by atoms with Crippen molar-refractivity contribution in [1.82, 2.24) is 0 Å². The molecule has 0 aliphatic heterocycles. The fourth-order valence-corrected chi connectivity index (χ4v) is 8.67. The SMILES string of the molecule is CC1(C)c2ccccc2-c2c(-c3ccccc3N(c3ccc(-c4ccc5ccccc5c4)cc3)c3cccc(-c4ccc5ccccc5c4)c3)cccc21. The molecule has 256 valence electrons. The van der Waals surface area contributed by atoms with E-state index in [1.165, 1.54) is 77.2 Å². The molecule has 0 unspecified atom stereocenters. The summed E-state index contributed by atoms with van der Waals surface area (Å²) in [6.07, 6.45) is 0.